The maximum Gasteiger partial charge on any atom is 0.242 e. The van der Waals surface area contributed by atoms with Crippen molar-refractivity contribution in [2.45, 2.75) is 58.7 Å². The average Bonchev–Trinajstić information content (AvgIpc) is 2.81. The highest BCUT2D eigenvalue weighted by atomic mass is 35.5. The number of nitrogens with one attached hydrogen (secondary N) is 1. The molecule has 0 aromatic heterocycles. The van der Waals surface area contributed by atoms with Gasteiger partial charge in [0.25, 0.3) is 0 Å². The van der Waals surface area contributed by atoms with Gasteiger partial charge in [0.2, 0.25) is 21.8 Å². The number of halogens is 2. The molecule has 192 valence electrons. The number of carbonyl (C=O) groups excluding carboxylic acids is 2. The Bertz CT molecular complexity index is 1110. The van der Waals surface area contributed by atoms with Crippen molar-refractivity contribution < 1.29 is 18.0 Å². The quantitative estimate of drug-likeness (QED) is 0.415. The van der Waals surface area contributed by atoms with Crippen molar-refractivity contribution in [2.24, 2.45) is 0 Å². The number of hydrogen-bond acceptors (Lipinski definition) is 4. The van der Waals surface area contributed by atoms with Crippen LogP contribution in [0.25, 0.3) is 0 Å². The highest BCUT2D eigenvalue weighted by Crippen LogP contribution is 2.24. The summed E-state index contributed by atoms with van der Waals surface area (Å²) in [5, 5.41) is 3.68. The summed E-state index contributed by atoms with van der Waals surface area (Å²) in [7, 11) is -3.52. The summed E-state index contributed by atoms with van der Waals surface area (Å²) in [6, 6.07) is 13.1. The molecule has 2 rings (SSSR count). The van der Waals surface area contributed by atoms with Crippen molar-refractivity contribution in [3.8, 4) is 0 Å². The van der Waals surface area contributed by atoms with E-state index in [1.807, 2.05) is 13.8 Å². The number of carbonyl (C=O) groups is 2. The van der Waals surface area contributed by atoms with E-state index >= 15 is 0 Å². The maximum atomic E-state index is 13.3. The van der Waals surface area contributed by atoms with Crippen LogP contribution in [0.3, 0.4) is 0 Å². The minimum atomic E-state index is -3.52. The highest BCUT2D eigenvalue weighted by molar-refractivity contribution is 7.92. The molecule has 2 amide bonds. The number of sulfonamides is 1. The lowest BCUT2D eigenvalue weighted by molar-refractivity contribution is -0.140. The molecule has 0 radical (unpaired) electrons. The minimum absolute atomic E-state index is 0.0268. The lowest BCUT2D eigenvalue weighted by Gasteiger charge is -2.30. The first-order chi connectivity index (χ1) is 16.4. The van der Waals surface area contributed by atoms with E-state index in [1.165, 1.54) is 9.21 Å². The molecule has 0 aliphatic heterocycles. The average molecular weight is 543 g/mol. The molecule has 1 N–H and O–H groups in total. The summed E-state index contributed by atoms with van der Waals surface area (Å²) in [5.41, 5.74) is 1.27. The molecule has 2 aromatic rings. The van der Waals surface area contributed by atoms with Crippen LogP contribution in [-0.4, -0.2) is 50.0 Å². The van der Waals surface area contributed by atoms with E-state index in [0.717, 1.165) is 18.2 Å². The van der Waals surface area contributed by atoms with E-state index in [1.54, 1.807) is 55.5 Å². The van der Waals surface area contributed by atoms with Crippen molar-refractivity contribution in [3.05, 3.63) is 64.1 Å². The highest BCUT2D eigenvalue weighted by Gasteiger charge is 2.27. The Hall–Kier alpha value is -2.29. The van der Waals surface area contributed by atoms with Gasteiger partial charge in [-0.3, -0.25) is 13.9 Å². The van der Waals surface area contributed by atoms with E-state index < -0.39 is 16.1 Å². The normalized spacial score (nSPS) is 13.1. The molecule has 7 nitrogen and oxygen atoms in total. The molecule has 0 heterocycles. The Labute approximate surface area is 218 Å². The van der Waals surface area contributed by atoms with Gasteiger partial charge in [-0.1, -0.05) is 54.4 Å². The van der Waals surface area contributed by atoms with Crippen molar-refractivity contribution in [1.29, 1.82) is 0 Å². The predicted octanol–water partition coefficient (Wildman–Crippen LogP) is 4.87. The monoisotopic (exact) mass is 541 g/mol. The summed E-state index contributed by atoms with van der Waals surface area (Å²) >= 11 is 12.2. The molecule has 2 aromatic carbocycles. The molecular weight excluding hydrogens is 509 g/mol. The molecule has 2 atom stereocenters. The van der Waals surface area contributed by atoms with Gasteiger partial charge >= 0.3 is 0 Å². The topological polar surface area (TPSA) is 86.8 Å². The van der Waals surface area contributed by atoms with Crippen LogP contribution >= 0.6 is 23.2 Å². The molecule has 0 bridgehead atoms. The molecule has 2 unspecified atom stereocenters. The first-order valence-electron chi connectivity index (χ1n) is 11.5. The third kappa shape index (κ3) is 8.70. The Kier molecular flexibility index (Phi) is 10.9. The fourth-order valence-corrected chi connectivity index (χ4v) is 4.77. The standard InChI is InChI=1S/C25H33Cl2N3O4S/c1-5-18(2)28-25(32)19(3)29(17-20-13-14-22(26)23(27)16-20)24(31)12-9-15-30(35(4,33)34)21-10-7-6-8-11-21/h6-8,10-11,13-14,16,18-19H,5,9,12,15,17H2,1-4H3,(H,28,32). The van der Waals surface area contributed by atoms with Gasteiger partial charge in [0.15, 0.2) is 0 Å². The van der Waals surface area contributed by atoms with Crippen LogP contribution in [0.2, 0.25) is 10.0 Å². The number of amides is 2. The second kappa shape index (κ2) is 13.1. The number of hydrogen-bond donors (Lipinski definition) is 1. The zero-order chi connectivity index (χ0) is 26.2. The maximum absolute atomic E-state index is 13.3. The minimum Gasteiger partial charge on any atom is -0.352 e. The summed E-state index contributed by atoms with van der Waals surface area (Å²) in [6.07, 6.45) is 2.26. The number of anilines is 1. The molecular formula is C25H33Cl2N3O4S. The second-order valence-electron chi connectivity index (χ2n) is 8.54. The van der Waals surface area contributed by atoms with E-state index in [-0.39, 0.29) is 37.4 Å². The summed E-state index contributed by atoms with van der Waals surface area (Å²) < 4.78 is 25.9. The third-order valence-corrected chi connectivity index (χ3v) is 7.63. The molecule has 10 heteroatoms. The number of para-hydroxylation sites is 1. The smallest absolute Gasteiger partial charge is 0.242 e. The van der Waals surface area contributed by atoms with Crippen LogP contribution in [-0.2, 0) is 26.2 Å². The summed E-state index contributed by atoms with van der Waals surface area (Å²) in [5.74, 6) is -0.515. The summed E-state index contributed by atoms with van der Waals surface area (Å²) in [4.78, 5) is 27.6. The lowest BCUT2D eigenvalue weighted by atomic mass is 10.1. The first-order valence-corrected chi connectivity index (χ1v) is 14.1. The predicted molar refractivity (Wildman–Crippen MR) is 142 cm³/mol. The van der Waals surface area contributed by atoms with E-state index in [0.29, 0.717) is 22.2 Å². The van der Waals surface area contributed by atoms with Crippen LogP contribution in [0, 0.1) is 0 Å². The van der Waals surface area contributed by atoms with Gasteiger partial charge in [-0.05, 0) is 56.5 Å². The number of rotatable bonds is 12. The molecule has 35 heavy (non-hydrogen) atoms. The van der Waals surface area contributed by atoms with Crippen molar-refractivity contribution >= 4 is 50.7 Å². The van der Waals surface area contributed by atoms with E-state index in [9.17, 15) is 18.0 Å². The van der Waals surface area contributed by atoms with Gasteiger partial charge in [0.05, 0.1) is 22.0 Å². The molecule has 0 fully saturated rings. The van der Waals surface area contributed by atoms with Gasteiger partial charge < -0.3 is 10.2 Å². The molecule has 0 aliphatic carbocycles. The van der Waals surface area contributed by atoms with Gasteiger partial charge in [0.1, 0.15) is 6.04 Å². The summed E-state index contributed by atoms with van der Waals surface area (Å²) in [6.45, 7) is 5.86. The van der Waals surface area contributed by atoms with Crippen LogP contribution in [0.1, 0.15) is 45.6 Å². The molecule has 0 saturated carbocycles. The Morgan fingerprint density at radius 1 is 1.03 bits per heavy atom. The van der Waals surface area contributed by atoms with Crippen molar-refractivity contribution in [1.82, 2.24) is 10.2 Å². The fraction of sp³-hybridized carbons (Fsp3) is 0.440. The third-order valence-electron chi connectivity index (χ3n) is 5.70. The van der Waals surface area contributed by atoms with E-state index in [4.69, 9.17) is 23.2 Å². The Balaban J connectivity index is 2.18. The van der Waals surface area contributed by atoms with E-state index in [2.05, 4.69) is 5.32 Å². The Morgan fingerprint density at radius 3 is 2.26 bits per heavy atom. The van der Waals surface area contributed by atoms with Gasteiger partial charge in [-0.25, -0.2) is 8.42 Å². The zero-order valence-electron chi connectivity index (χ0n) is 20.5. The lowest BCUT2D eigenvalue weighted by Crippen LogP contribution is -2.49. The van der Waals surface area contributed by atoms with Crippen LogP contribution in [0.15, 0.2) is 48.5 Å². The van der Waals surface area contributed by atoms with Gasteiger partial charge in [-0.2, -0.15) is 0 Å². The fourth-order valence-electron chi connectivity index (χ4n) is 3.48. The second-order valence-corrected chi connectivity index (χ2v) is 11.3. The van der Waals surface area contributed by atoms with Crippen LogP contribution in [0.4, 0.5) is 5.69 Å². The van der Waals surface area contributed by atoms with Gasteiger partial charge in [-0.15, -0.1) is 0 Å². The molecule has 0 saturated heterocycles. The Morgan fingerprint density at radius 2 is 1.69 bits per heavy atom. The molecule has 0 spiro atoms. The molecule has 0 aliphatic rings. The van der Waals surface area contributed by atoms with Crippen molar-refractivity contribution in [2.75, 3.05) is 17.1 Å². The first kappa shape index (κ1) is 28.9. The zero-order valence-corrected chi connectivity index (χ0v) is 22.8. The largest absolute Gasteiger partial charge is 0.352 e. The van der Waals surface area contributed by atoms with Crippen molar-refractivity contribution in [3.63, 3.8) is 0 Å². The number of benzene rings is 2. The van der Waals surface area contributed by atoms with Gasteiger partial charge in [0, 0.05) is 25.6 Å². The van der Waals surface area contributed by atoms with Crippen LogP contribution in [0.5, 0.6) is 0 Å². The number of nitrogens with zero attached hydrogens (tertiary/aromatic N) is 2. The van der Waals surface area contributed by atoms with Crippen LogP contribution < -0.4 is 9.62 Å². The SMILES string of the molecule is CCC(C)NC(=O)C(C)N(Cc1ccc(Cl)c(Cl)c1)C(=O)CCCN(c1ccccc1)S(C)(=O)=O.